The van der Waals surface area contributed by atoms with Crippen LogP contribution in [0.3, 0.4) is 0 Å². The number of nitrogens with zero attached hydrogens (tertiary/aromatic N) is 2. The van der Waals surface area contributed by atoms with Crippen LogP contribution in [0.15, 0.2) is 29.2 Å². The smallest absolute Gasteiger partial charge is 0.336 e. The molecule has 144 valence electrons. The van der Waals surface area contributed by atoms with Gasteiger partial charge in [-0.15, -0.1) is 0 Å². The Bertz CT molecular complexity index is 765. The highest BCUT2D eigenvalue weighted by Gasteiger charge is 2.36. The Kier molecular flexibility index (Phi) is 5.27. The molecule has 2 aliphatic rings. The summed E-state index contributed by atoms with van der Waals surface area (Å²) in [6.45, 7) is 1.88. The maximum Gasteiger partial charge on any atom is 0.416 e. The lowest BCUT2D eigenvalue weighted by molar-refractivity contribution is -0.137. The number of nitrogens with one attached hydrogen (secondary N) is 1. The van der Waals surface area contributed by atoms with Crippen molar-refractivity contribution in [2.75, 3.05) is 32.7 Å². The number of alkyl halides is 3. The summed E-state index contributed by atoms with van der Waals surface area (Å²) in [6, 6.07) is 3.31. The number of piperazine rings is 1. The van der Waals surface area contributed by atoms with E-state index in [0.717, 1.165) is 24.3 Å². The molecule has 1 atom stereocenters. The molecule has 0 spiro atoms. The molecule has 0 saturated carbocycles. The molecular weight excluding hydrogens is 371 g/mol. The van der Waals surface area contributed by atoms with Gasteiger partial charge in [0.15, 0.2) is 0 Å². The SMILES string of the molecule is O=C1CNCCN1C1CCCN(S(=O)(=O)c2ccc(C(F)(F)F)cc2)C1. The van der Waals surface area contributed by atoms with E-state index >= 15 is 0 Å². The number of benzene rings is 1. The Morgan fingerprint density at radius 2 is 1.81 bits per heavy atom. The first-order chi connectivity index (χ1) is 12.2. The highest BCUT2D eigenvalue weighted by atomic mass is 32.2. The van der Waals surface area contributed by atoms with Gasteiger partial charge in [0.2, 0.25) is 15.9 Å². The van der Waals surface area contributed by atoms with E-state index in [-0.39, 0.29) is 29.9 Å². The van der Waals surface area contributed by atoms with Crippen LogP contribution in [0.1, 0.15) is 18.4 Å². The third kappa shape index (κ3) is 3.86. The van der Waals surface area contributed by atoms with Crippen LogP contribution in [0.25, 0.3) is 0 Å². The normalized spacial score (nSPS) is 23.3. The van der Waals surface area contributed by atoms with E-state index in [9.17, 15) is 26.4 Å². The summed E-state index contributed by atoms with van der Waals surface area (Å²) < 4.78 is 64.8. The second kappa shape index (κ2) is 7.16. The monoisotopic (exact) mass is 391 g/mol. The van der Waals surface area contributed by atoms with Crippen LogP contribution in [0.2, 0.25) is 0 Å². The number of hydrogen-bond donors (Lipinski definition) is 1. The number of sulfonamides is 1. The molecule has 0 aromatic heterocycles. The fourth-order valence-corrected chi connectivity index (χ4v) is 4.88. The highest BCUT2D eigenvalue weighted by molar-refractivity contribution is 7.89. The maximum atomic E-state index is 12.8. The predicted molar refractivity (Wildman–Crippen MR) is 87.8 cm³/mol. The zero-order valence-electron chi connectivity index (χ0n) is 14.0. The number of carbonyl (C=O) groups is 1. The van der Waals surface area contributed by atoms with Crippen molar-refractivity contribution in [1.82, 2.24) is 14.5 Å². The summed E-state index contributed by atoms with van der Waals surface area (Å²) in [6.07, 6.45) is -3.20. The Morgan fingerprint density at radius 3 is 2.42 bits per heavy atom. The summed E-state index contributed by atoms with van der Waals surface area (Å²) >= 11 is 0. The van der Waals surface area contributed by atoms with Crippen molar-refractivity contribution in [3.63, 3.8) is 0 Å². The zero-order chi connectivity index (χ0) is 18.9. The Morgan fingerprint density at radius 1 is 1.12 bits per heavy atom. The van der Waals surface area contributed by atoms with Crippen LogP contribution >= 0.6 is 0 Å². The third-order valence-corrected chi connectivity index (χ3v) is 6.62. The number of halogens is 3. The van der Waals surface area contributed by atoms with Gasteiger partial charge in [-0.1, -0.05) is 0 Å². The Hall–Kier alpha value is -1.65. The van der Waals surface area contributed by atoms with Crippen molar-refractivity contribution in [2.45, 2.75) is 30.0 Å². The van der Waals surface area contributed by atoms with Crippen LogP contribution in [-0.2, 0) is 21.0 Å². The van der Waals surface area contributed by atoms with E-state index in [1.807, 2.05) is 0 Å². The van der Waals surface area contributed by atoms with E-state index < -0.39 is 21.8 Å². The van der Waals surface area contributed by atoms with Gasteiger partial charge >= 0.3 is 6.18 Å². The first-order valence-corrected chi connectivity index (χ1v) is 9.81. The largest absolute Gasteiger partial charge is 0.416 e. The first kappa shape index (κ1) is 19.1. The molecule has 10 heteroatoms. The Labute approximate surface area is 150 Å². The number of amides is 1. The van der Waals surface area contributed by atoms with E-state index in [1.54, 1.807) is 4.90 Å². The summed E-state index contributed by atoms with van der Waals surface area (Å²) in [4.78, 5) is 13.6. The molecule has 2 aliphatic heterocycles. The number of hydrogen-bond acceptors (Lipinski definition) is 4. The topological polar surface area (TPSA) is 69.7 Å². The number of carbonyl (C=O) groups excluding carboxylic acids is 1. The predicted octanol–water partition coefficient (Wildman–Crippen LogP) is 1.29. The van der Waals surface area contributed by atoms with Gasteiger partial charge in [-0.25, -0.2) is 8.42 Å². The molecule has 0 radical (unpaired) electrons. The van der Waals surface area contributed by atoms with Gasteiger partial charge in [-0.05, 0) is 37.1 Å². The van der Waals surface area contributed by atoms with Crippen molar-refractivity contribution in [2.24, 2.45) is 0 Å². The molecule has 1 unspecified atom stereocenters. The van der Waals surface area contributed by atoms with E-state index in [2.05, 4.69) is 5.32 Å². The highest BCUT2D eigenvalue weighted by Crippen LogP contribution is 2.31. The molecule has 6 nitrogen and oxygen atoms in total. The van der Waals surface area contributed by atoms with Crippen molar-refractivity contribution in [3.8, 4) is 0 Å². The summed E-state index contributed by atoms with van der Waals surface area (Å²) in [5.41, 5.74) is -0.889. The molecule has 2 heterocycles. The van der Waals surface area contributed by atoms with E-state index in [1.165, 1.54) is 4.31 Å². The van der Waals surface area contributed by atoms with Gasteiger partial charge in [-0.2, -0.15) is 17.5 Å². The minimum absolute atomic E-state index is 0.0602. The van der Waals surface area contributed by atoms with Gasteiger partial charge < -0.3 is 10.2 Å². The fraction of sp³-hybridized carbons (Fsp3) is 0.562. The zero-order valence-corrected chi connectivity index (χ0v) is 14.8. The quantitative estimate of drug-likeness (QED) is 0.843. The maximum absolute atomic E-state index is 12.8. The molecule has 0 aliphatic carbocycles. The van der Waals surface area contributed by atoms with Gasteiger partial charge in [0.05, 0.1) is 17.0 Å². The van der Waals surface area contributed by atoms with Gasteiger partial charge in [0.25, 0.3) is 0 Å². The van der Waals surface area contributed by atoms with E-state index in [4.69, 9.17) is 0 Å². The second-order valence-electron chi connectivity index (χ2n) is 6.45. The number of piperidine rings is 1. The van der Waals surface area contributed by atoms with Crippen LogP contribution in [0, 0.1) is 0 Å². The summed E-state index contributed by atoms with van der Waals surface area (Å²) in [5.74, 6) is -0.0602. The Balaban J connectivity index is 1.77. The van der Waals surface area contributed by atoms with Crippen LogP contribution < -0.4 is 5.32 Å². The average Bonchev–Trinajstić information content (AvgIpc) is 2.61. The molecule has 1 aromatic carbocycles. The molecular formula is C16H20F3N3O3S. The van der Waals surface area contributed by atoms with Gasteiger partial charge in [-0.3, -0.25) is 4.79 Å². The van der Waals surface area contributed by atoms with Crippen LogP contribution in [0.5, 0.6) is 0 Å². The van der Waals surface area contributed by atoms with Crippen LogP contribution in [-0.4, -0.2) is 62.3 Å². The van der Waals surface area contributed by atoms with Gasteiger partial charge in [0.1, 0.15) is 0 Å². The molecule has 3 rings (SSSR count). The van der Waals surface area contributed by atoms with Crippen LogP contribution in [0.4, 0.5) is 13.2 Å². The molecule has 0 bridgehead atoms. The second-order valence-corrected chi connectivity index (χ2v) is 8.38. The van der Waals surface area contributed by atoms with Crippen molar-refractivity contribution in [3.05, 3.63) is 29.8 Å². The van der Waals surface area contributed by atoms with Crippen molar-refractivity contribution >= 4 is 15.9 Å². The standard InChI is InChI=1S/C16H20F3N3O3S/c17-16(18,19)12-3-5-14(6-4-12)26(24,25)21-8-1-2-13(11-21)22-9-7-20-10-15(22)23/h3-6,13,20H,1-2,7-11H2. The van der Waals surface area contributed by atoms with E-state index in [0.29, 0.717) is 32.5 Å². The molecule has 1 N–H and O–H groups in total. The van der Waals surface area contributed by atoms with Gasteiger partial charge in [0, 0.05) is 32.2 Å². The molecule has 1 amide bonds. The lowest BCUT2D eigenvalue weighted by Crippen LogP contribution is -2.57. The fourth-order valence-electron chi connectivity index (χ4n) is 3.37. The summed E-state index contributed by atoms with van der Waals surface area (Å²) in [5, 5.41) is 2.97. The number of rotatable bonds is 3. The van der Waals surface area contributed by atoms with Crippen molar-refractivity contribution < 1.29 is 26.4 Å². The minimum atomic E-state index is -4.51. The lowest BCUT2D eigenvalue weighted by Gasteiger charge is -2.40. The molecule has 2 fully saturated rings. The van der Waals surface area contributed by atoms with Crippen molar-refractivity contribution in [1.29, 1.82) is 0 Å². The minimum Gasteiger partial charge on any atom is -0.336 e. The molecule has 2 saturated heterocycles. The summed E-state index contributed by atoms with van der Waals surface area (Å²) in [7, 11) is -3.90. The average molecular weight is 391 g/mol. The lowest BCUT2D eigenvalue weighted by atomic mass is 10.1. The molecule has 26 heavy (non-hydrogen) atoms. The third-order valence-electron chi connectivity index (χ3n) is 4.75. The molecule has 1 aromatic rings. The first-order valence-electron chi connectivity index (χ1n) is 8.37.